The second-order valence-corrected chi connectivity index (χ2v) is 6.08. The number of hydrogen-bond donors (Lipinski definition) is 1. The Morgan fingerprint density at radius 3 is 2.58 bits per heavy atom. The Hall–Kier alpha value is -1.02. The third-order valence-electron chi connectivity index (χ3n) is 4.57. The number of amides is 1. The quantitative estimate of drug-likeness (QED) is 0.839. The first-order valence-electron chi connectivity index (χ1n) is 7.21. The number of halogens is 1. The Kier molecular flexibility index (Phi) is 3.79. The highest BCUT2D eigenvalue weighted by molar-refractivity contribution is 6.17. The van der Waals surface area contributed by atoms with Gasteiger partial charge in [0.1, 0.15) is 0 Å². The molecule has 0 spiro atoms. The lowest BCUT2D eigenvalue weighted by Gasteiger charge is -2.06. The van der Waals surface area contributed by atoms with E-state index in [1.165, 1.54) is 25.7 Å². The van der Waals surface area contributed by atoms with Crippen LogP contribution in [0.25, 0.3) is 0 Å². The lowest BCUT2D eigenvalue weighted by atomic mass is 10.0. The van der Waals surface area contributed by atoms with E-state index in [1.807, 2.05) is 18.2 Å². The molecule has 2 fully saturated rings. The van der Waals surface area contributed by atoms with Gasteiger partial charge < -0.3 is 5.32 Å². The molecular formula is C16H20ClNO. The van der Waals surface area contributed by atoms with Crippen molar-refractivity contribution in [1.82, 2.24) is 5.32 Å². The van der Waals surface area contributed by atoms with Crippen LogP contribution in [0.15, 0.2) is 24.3 Å². The third-order valence-corrected chi connectivity index (χ3v) is 4.88. The molecule has 1 N–H and O–H groups in total. The Labute approximate surface area is 119 Å². The molecule has 1 aromatic carbocycles. The average molecular weight is 278 g/mol. The number of rotatable bonds is 4. The first-order valence-corrected chi connectivity index (χ1v) is 7.74. The van der Waals surface area contributed by atoms with Crippen LogP contribution in [0.2, 0.25) is 0 Å². The van der Waals surface area contributed by atoms with Crippen LogP contribution in [0, 0.1) is 17.8 Å². The number of hydrogen-bond acceptors (Lipinski definition) is 1. The predicted molar refractivity (Wildman–Crippen MR) is 76.8 cm³/mol. The van der Waals surface area contributed by atoms with Crippen molar-refractivity contribution in [3.8, 4) is 0 Å². The van der Waals surface area contributed by atoms with Gasteiger partial charge in [-0.05, 0) is 35.8 Å². The van der Waals surface area contributed by atoms with E-state index in [0.717, 1.165) is 11.1 Å². The standard InChI is InChI=1S/C16H20ClNO/c17-9-11-4-3-5-12(8-11)10-18-16(19)15-13-6-1-2-7-14(13)15/h3-5,8,13-15H,1-2,6-7,9-10H2,(H,18,19). The van der Waals surface area contributed by atoms with Crippen molar-refractivity contribution >= 4 is 17.5 Å². The van der Waals surface area contributed by atoms with Gasteiger partial charge in [0, 0.05) is 18.3 Å². The maximum atomic E-state index is 12.2. The summed E-state index contributed by atoms with van der Waals surface area (Å²) in [7, 11) is 0. The van der Waals surface area contributed by atoms with Gasteiger partial charge in [0.15, 0.2) is 0 Å². The molecule has 2 atom stereocenters. The summed E-state index contributed by atoms with van der Waals surface area (Å²) < 4.78 is 0. The van der Waals surface area contributed by atoms with Gasteiger partial charge in [-0.25, -0.2) is 0 Å². The molecular weight excluding hydrogens is 258 g/mol. The normalized spacial score (nSPS) is 28.6. The second kappa shape index (κ2) is 5.54. The summed E-state index contributed by atoms with van der Waals surface area (Å²) in [4.78, 5) is 12.2. The summed E-state index contributed by atoms with van der Waals surface area (Å²) in [6, 6.07) is 8.10. The van der Waals surface area contributed by atoms with Crippen LogP contribution in [0.4, 0.5) is 0 Å². The lowest BCUT2D eigenvalue weighted by Crippen LogP contribution is -2.25. The number of carbonyl (C=O) groups is 1. The van der Waals surface area contributed by atoms with Crippen molar-refractivity contribution in [3.05, 3.63) is 35.4 Å². The number of alkyl halides is 1. The summed E-state index contributed by atoms with van der Waals surface area (Å²) in [6.07, 6.45) is 5.13. The van der Waals surface area contributed by atoms with E-state index in [9.17, 15) is 4.79 Å². The SMILES string of the molecule is O=C(NCc1cccc(CCl)c1)C1C2CCCCC21. The first-order chi connectivity index (χ1) is 9.29. The average Bonchev–Trinajstić information content (AvgIpc) is 3.19. The molecule has 0 heterocycles. The van der Waals surface area contributed by atoms with Gasteiger partial charge >= 0.3 is 0 Å². The Morgan fingerprint density at radius 2 is 1.89 bits per heavy atom. The van der Waals surface area contributed by atoms with Gasteiger partial charge in [-0.1, -0.05) is 37.1 Å². The highest BCUT2D eigenvalue weighted by atomic mass is 35.5. The molecule has 2 aliphatic rings. The van der Waals surface area contributed by atoms with E-state index >= 15 is 0 Å². The summed E-state index contributed by atoms with van der Waals surface area (Å²) in [5, 5.41) is 3.09. The molecule has 0 bridgehead atoms. The zero-order valence-electron chi connectivity index (χ0n) is 11.1. The molecule has 3 rings (SSSR count). The number of fused-ring (bicyclic) bond motifs is 1. The van der Waals surface area contributed by atoms with Gasteiger partial charge in [0.25, 0.3) is 0 Å². The minimum Gasteiger partial charge on any atom is -0.352 e. The molecule has 3 heteroatoms. The number of benzene rings is 1. The minimum atomic E-state index is 0.258. The fourth-order valence-corrected chi connectivity index (χ4v) is 3.68. The number of nitrogens with one attached hydrogen (secondary N) is 1. The molecule has 19 heavy (non-hydrogen) atoms. The van der Waals surface area contributed by atoms with Crippen LogP contribution in [0.1, 0.15) is 36.8 Å². The first kappa shape index (κ1) is 13.0. The highest BCUT2D eigenvalue weighted by Gasteiger charge is 2.54. The van der Waals surface area contributed by atoms with Gasteiger partial charge in [0.2, 0.25) is 5.91 Å². The monoisotopic (exact) mass is 277 g/mol. The summed E-state index contributed by atoms with van der Waals surface area (Å²) in [6.45, 7) is 0.625. The maximum Gasteiger partial charge on any atom is 0.223 e. The summed E-state index contributed by atoms with van der Waals surface area (Å²) in [5.41, 5.74) is 2.24. The van der Waals surface area contributed by atoms with E-state index < -0.39 is 0 Å². The van der Waals surface area contributed by atoms with E-state index in [4.69, 9.17) is 11.6 Å². The molecule has 2 nitrogen and oxygen atoms in total. The second-order valence-electron chi connectivity index (χ2n) is 5.81. The van der Waals surface area contributed by atoms with Gasteiger partial charge in [0.05, 0.1) is 0 Å². The van der Waals surface area contributed by atoms with E-state index in [1.54, 1.807) is 0 Å². The van der Waals surface area contributed by atoms with Crippen LogP contribution >= 0.6 is 11.6 Å². The molecule has 0 saturated heterocycles. The highest BCUT2D eigenvalue weighted by Crippen LogP contribution is 2.55. The predicted octanol–water partition coefficient (Wildman–Crippen LogP) is 3.48. The van der Waals surface area contributed by atoms with Crippen molar-refractivity contribution in [2.75, 3.05) is 0 Å². The third kappa shape index (κ3) is 2.79. The Balaban J connectivity index is 1.53. The fourth-order valence-electron chi connectivity index (χ4n) is 3.51. The van der Waals surface area contributed by atoms with Gasteiger partial charge in [-0.2, -0.15) is 0 Å². The van der Waals surface area contributed by atoms with E-state index in [2.05, 4.69) is 11.4 Å². The molecule has 0 aromatic heterocycles. The molecule has 102 valence electrons. The van der Waals surface area contributed by atoms with E-state index in [0.29, 0.717) is 30.2 Å². The molecule has 2 aliphatic carbocycles. The van der Waals surface area contributed by atoms with Crippen molar-refractivity contribution in [3.63, 3.8) is 0 Å². The van der Waals surface area contributed by atoms with Crippen molar-refractivity contribution in [1.29, 1.82) is 0 Å². The minimum absolute atomic E-state index is 0.258. The van der Waals surface area contributed by atoms with Crippen LogP contribution in [-0.2, 0) is 17.2 Å². The largest absolute Gasteiger partial charge is 0.352 e. The molecule has 2 unspecified atom stereocenters. The fraction of sp³-hybridized carbons (Fsp3) is 0.562. The van der Waals surface area contributed by atoms with Crippen LogP contribution in [0.3, 0.4) is 0 Å². The van der Waals surface area contributed by atoms with E-state index in [-0.39, 0.29) is 5.91 Å². The molecule has 0 aliphatic heterocycles. The summed E-state index contributed by atoms with van der Waals surface area (Å²) >= 11 is 5.82. The molecule has 1 amide bonds. The van der Waals surface area contributed by atoms with Crippen molar-refractivity contribution < 1.29 is 4.79 Å². The number of carbonyl (C=O) groups excluding carboxylic acids is 1. The summed E-state index contributed by atoms with van der Waals surface area (Å²) in [5.74, 6) is 2.45. The zero-order valence-corrected chi connectivity index (χ0v) is 11.8. The Bertz CT molecular complexity index is 462. The van der Waals surface area contributed by atoms with Crippen LogP contribution in [0.5, 0.6) is 0 Å². The molecule has 2 saturated carbocycles. The van der Waals surface area contributed by atoms with Crippen LogP contribution < -0.4 is 5.32 Å². The van der Waals surface area contributed by atoms with Gasteiger partial charge in [-0.15, -0.1) is 11.6 Å². The molecule has 1 aromatic rings. The Morgan fingerprint density at radius 1 is 1.21 bits per heavy atom. The van der Waals surface area contributed by atoms with Gasteiger partial charge in [-0.3, -0.25) is 4.79 Å². The van der Waals surface area contributed by atoms with Crippen LogP contribution in [-0.4, -0.2) is 5.91 Å². The van der Waals surface area contributed by atoms with Crippen molar-refractivity contribution in [2.45, 2.75) is 38.1 Å². The topological polar surface area (TPSA) is 29.1 Å². The van der Waals surface area contributed by atoms with Crippen molar-refractivity contribution in [2.24, 2.45) is 17.8 Å². The zero-order chi connectivity index (χ0) is 13.2. The lowest BCUT2D eigenvalue weighted by molar-refractivity contribution is -0.123. The smallest absolute Gasteiger partial charge is 0.223 e. The molecule has 0 radical (unpaired) electrons. The maximum absolute atomic E-state index is 12.2.